The molecule has 0 amide bonds. The molecule has 7 rings (SSSR count). The van der Waals surface area contributed by atoms with Crippen LogP contribution in [0.4, 0.5) is 0 Å². The Morgan fingerprint density at radius 1 is 0.622 bits per heavy atom. The van der Waals surface area contributed by atoms with Gasteiger partial charge in [0.2, 0.25) is 0 Å². The highest BCUT2D eigenvalue weighted by Gasteiger charge is 2.23. The van der Waals surface area contributed by atoms with Crippen molar-refractivity contribution < 1.29 is 0 Å². The van der Waals surface area contributed by atoms with Crippen LogP contribution in [-0.4, -0.2) is 9.55 Å². The Kier molecular flexibility index (Phi) is 5.23. The molecule has 0 aliphatic rings. The molecule has 2 aromatic heterocycles. The van der Waals surface area contributed by atoms with Gasteiger partial charge in [0, 0.05) is 32.2 Å². The lowest BCUT2D eigenvalue weighted by Crippen LogP contribution is -2.03. The summed E-state index contributed by atoms with van der Waals surface area (Å²) in [4.78, 5) is 5.24. The number of fused-ring (bicyclic) bond motifs is 2. The van der Waals surface area contributed by atoms with Crippen LogP contribution in [0.5, 0.6) is 0 Å². The number of hydrogen-bond acceptors (Lipinski definition) is 2. The Labute approximate surface area is 220 Å². The highest BCUT2D eigenvalue weighted by atomic mass is 32.1. The normalized spacial score (nSPS) is 11.4. The van der Waals surface area contributed by atoms with Crippen LogP contribution in [0.1, 0.15) is 5.56 Å². The maximum Gasteiger partial charge on any atom is 0.147 e. The first-order valence-electron chi connectivity index (χ1n) is 12.5. The van der Waals surface area contributed by atoms with Crippen molar-refractivity contribution in [1.29, 1.82) is 0 Å². The van der Waals surface area contributed by atoms with Crippen LogP contribution < -0.4 is 0 Å². The van der Waals surface area contributed by atoms with E-state index in [2.05, 4.69) is 138 Å². The molecule has 0 spiro atoms. The molecule has 2 nitrogen and oxygen atoms in total. The van der Waals surface area contributed by atoms with E-state index < -0.39 is 0 Å². The molecule has 0 fully saturated rings. The molecular weight excluding hydrogens is 468 g/mol. The molecule has 0 aliphatic carbocycles. The maximum atomic E-state index is 5.24. The number of thiophene rings is 1. The van der Waals surface area contributed by atoms with Crippen molar-refractivity contribution in [2.75, 3.05) is 0 Å². The molecule has 0 atom stereocenters. The van der Waals surface area contributed by atoms with Crippen molar-refractivity contribution in [2.24, 2.45) is 0 Å². The predicted molar refractivity (Wildman–Crippen MR) is 157 cm³/mol. The van der Waals surface area contributed by atoms with Gasteiger partial charge in [0.05, 0.1) is 16.7 Å². The lowest BCUT2D eigenvalue weighted by molar-refractivity contribution is 1.11. The first-order valence-corrected chi connectivity index (χ1v) is 13.4. The maximum absolute atomic E-state index is 5.24. The van der Waals surface area contributed by atoms with Crippen LogP contribution in [0.2, 0.25) is 0 Å². The minimum absolute atomic E-state index is 0.969. The van der Waals surface area contributed by atoms with Crippen LogP contribution in [0.3, 0.4) is 0 Å². The zero-order chi connectivity index (χ0) is 24.8. The van der Waals surface area contributed by atoms with Gasteiger partial charge < -0.3 is 0 Å². The van der Waals surface area contributed by atoms with Crippen LogP contribution in [0.15, 0.2) is 127 Å². The van der Waals surface area contributed by atoms with Crippen LogP contribution >= 0.6 is 11.3 Å². The second kappa shape index (κ2) is 8.88. The van der Waals surface area contributed by atoms with Gasteiger partial charge in [-0.1, -0.05) is 91.0 Å². The van der Waals surface area contributed by atoms with E-state index in [4.69, 9.17) is 4.98 Å². The number of benzene rings is 5. The Balaban J connectivity index is 1.65. The van der Waals surface area contributed by atoms with Crippen LogP contribution in [0.25, 0.3) is 60.4 Å². The van der Waals surface area contributed by atoms with E-state index in [-0.39, 0.29) is 0 Å². The fourth-order valence-electron chi connectivity index (χ4n) is 5.28. The third-order valence-corrected chi connectivity index (χ3v) is 7.89. The fraction of sp³-hybridized carbons (Fsp3) is 0.0294. The molecule has 0 unspecified atom stereocenters. The van der Waals surface area contributed by atoms with Crippen LogP contribution in [0, 0.1) is 6.92 Å². The lowest BCUT2D eigenvalue weighted by atomic mass is 9.93. The molecule has 0 aliphatic heterocycles. The minimum Gasteiger partial charge on any atom is -0.291 e. The highest BCUT2D eigenvalue weighted by molar-refractivity contribution is 7.17. The highest BCUT2D eigenvalue weighted by Crippen LogP contribution is 2.43. The summed E-state index contributed by atoms with van der Waals surface area (Å²) < 4.78 is 3.65. The fourth-order valence-corrected chi connectivity index (χ4v) is 6.22. The van der Waals surface area contributed by atoms with Gasteiger partial charge in [-0.05, 0) is 53.9 Å². The van der Waals surface area contributed by atoms with Gasteiger partial charge in [0.15, 0.2) is 0 Å². The molecule has 37 heavy (non-hydrogen) atoms. The molecule has 0 saturated carbocycles. The molecule has 0 N–H and O–H groups in total. The van der Waals surface area contributed by atoms with Crippen molar-refractivity contribution in [2.45, 2.75) is 6.92 Å². The summed E-state index contributed by atoms with van der Waals surface area (Å²) in [5.74, 6) is 0.969. The number of hydrogen-bond donors (Lipinski definition) is 0. The van der Waals surface area contributed by atoms with E-state index in [9.17, 15) is 0 Å². The second-order valence-corrected chi connectivity index (χ2v) is 10.3. The Morgan fingerprint density at radius 2 is 1.22 bits per heavy atom. The van der Waals surface area contributed by atoms with Crippen molar-refractivity contribution in [3.63, 3.8) is 0 Å². The number of para-hydroxylation sites is 2. The van der Waals surface area contributed by atoms with Gasteiger partial charge >= 0.3 is 0 Å². The van der Waals surface area contributed by atoms with Crippen molar-refractivity contribution >= 4 is 32.5 Å². The zero-order valence-corrected chi connectivity index (χ0v) is 21.2. The van der Waals surface area contributed by atoms with Gasteiger partial charge in [-0.25, -0.2) is 4.98 Å². The van der Waals surface area contributed by atoms with Crippen molar-refractivity contribution in [1.82, 2.24) is 9.55 Å². The number of imidazole rings is 1. The first-order chi connectivity index (χ1) is 18.3. The molecule has 7 aromatic rings. The van der Waals surface area contributed by atoms with Crippen molar-refractivity contribution in [3.05, 3.63) is 132 Å². The number of aromatic nitrogens is 2. The predicted octanol–water partition coefficient (Wildman–Crippen LogP) is 9.55. The SMILES string of the molecule is Cc1cc(-c2ccccc2)c(-n2c(-c3csc4ccccc34)nc3ccccc32)c(-c2ccccc2)c1. The van der Waals surface area contributed by atoms with E-state index in [1.54, 1.807) is 11.3 Å². The van der Waals surface area contributed by atoms with Gasteiger partial charge in [0.25, 0.3) is 0 Å². The summed E-state index contributed by atoms with van der Waals surface area (Å²) in [7, 11) is 0. The number of rotatable bonds is 4. The quantitative estimate of drug-likeness (QED) is 0.239. The topological polar surface area (TPSA) is 17.8 Å². The summed E-state index contributed by atoms with van der Waals surface area (Å²) in [6.07, 6.45) is 0. The summed E-state index contributed by atoms with van der Waals surface area (Å²) in [5, 5.41) is 3.49. The van der Waals surface area contributed by atoms with E-state index in [0.717, 1.165) is 28.1 Å². The Morgan fingerprint density at radius 3 is 1.92 bits per heavy atom. The molecule has 0 saturated heterocycles. The Hall–Kier alpha value is -4.47. The van der Waals surface area contributed by atoms with Gasteiger partial charge in [-0.2, -0.15) is 0 Å². The molecule has 0 radical (unpaired) electrons. The summed E-state index contributed by atoms with van der Waals surface area (Å²) in [5.41, 5.74) is 10.4. The average Bonchev–Trinajstić information content (AvgIpc) is 3.55. The van der Waals surface area contributed by atoms with Crippen LogP contribution in [-0.2, 0) is 0 Å². The van der Waals surface area contributed by atoms with Gasteiger partial charge in [-0.15, -0.1) is 11.3 Å². The summed E-state index contributed by atoms with van der Waals surface area (Å²) in [6, 6.07) is 43.1. The molecule has 176 valence electrons. The first kappa shape index (κ1) is 21.8. The summed E-state index contributed by atoms with van der Waals surface area (Å²) in [6.45, 7) is 2.18. The molecular formula is C34H24N2S. The van der Waals surface area contributed by atoms with Gasteiger partial charge in [-0.3, -0.25) is 4.57 Å². The second-order valence-electron chi connectivity index (χ2n) is 9.35. The van der Waals surface area contributed by atoms with E-state index >= 15 is 0 Å². The third-order valence-electron chi connectivity index (χ3n) is 6.93. The van der Waals surface area contributed by atoms with Crippen molar-refractivity contribution in [3.8, 4) is 39.3 Å². The van der Waals surface area contributed by atoms with E-state index in [1.807, 2.05) is 0 Å². The molecule has 0 bridgehead atoms. The molecule has 5 aromatic carbocycles. The lowest BCUT2D eigenvalue weighted by Gasteiger charge is -2.20. The monoisotopic (exact) mass is 492 g/mol. The number of aryl methyl sites for hydroxylation is 1. The Bertz CT molecular complexity index is 1820. The summed E-state index contributed by atoms with van der Waals surface area (Å²) >= 11 is 1.77. The third kappa shape index (κ3) is 3.67. The number of nitrogens with zero attached hydrogens (tertiary/aromatic N) is 2. The largest absolute Gasteiger partial charge is 0.291 e. The zero-order valence-electron chi connectivity index (χ0n) is 20.4. The van der Waals surface area contributed by atoms with Gasteiger partial charge in [0.1, 0.15) is 5.82 Å². The molecule has 3 heteroatoms. The molecule has 2 heterocycles. The van der Waals surface area contributed by atoms with E-state index in [1.165, 1.54) is 37.9 Å². The smallest absolute Gasteiger partial charge is 0.147 e. The average molecular weight is 493 g/mol. The minimum atomic E-state index is 0.969. The van der Waals surface area contributed by atoms with E-state index in [0.29, 0.717) is 0 Å². The standard InChI is InChI=1S/C34H24N2S/c1-23-20-27(24-12-4-2-5-13-24)33(28(21-23)25-14-6-3-7-15-25)36-31-18-10-9-17-30(31)35-34(36)29-22-37-32-19-11-8-16-26(29)32/h2-22H,1H3.